The normalized spacial score (nSPS) is 18.4. The number of halogens is 1. The molecular weight excluding hydrogens is 314 g/mol. The first kappa shape index (κ1) is 19.5. The SMILES string of the molecule is CNC(=O)c1cccc(NC(=O)CC(C)C2CCCNC2)c1.Cl. The summed E-state index contributed by atoms with van der Waals surface area (Å²) in [6.45, 7) is 4.22. The van der Waals surface area contributed by atoms with Gasteiger partial charge in [0.1, 0.15) is 0 Å². The molecule has 1 aliphatic heterocycles. The van der Waals surface area contributed by atoms with Gasteiger partial charge in [-0.2, -0.15) is 0 Å². The number of rotatable bonds is 5. The van der Waals surface area contributed by atoms with E-state index in [2.05, 4.69) is 22.9 Å². The summed E-state index contributed by atoms with van der Waals surface area (Å²) in [6, 6.07) is 7.00. The molecule has 128 valence electrons. The summed E-state index contributed by atoms with van der Waals surface area (Å²) >= 11 is 0. The highest BCUT2D eigenvalue weighted by Crippen LogP contribution is 2.23. The van der Waals surface area contributed by atoms with Gasteiger partial charge < -0.3 is 16.0 Å². The van der Waals surface area contributed by atoms with Gasteiger partial charge in [0.25, 0.3) is 5.91 Å². The van der Waals surface area contributed by atoms with Crippen molar-refractivity contribution >= 4 is 29.9 Å². The summed E-state index contributed by atoms with van der Waals surface area (Å²) in [4.78, 5) is 23.8. The molecule has 6 heteroatoms. The van der Waals surface area contributed by atoms with Crippen LogP contribution in [0.3, 0.4) is 0 Å². The molecule has 3 N–H and O–H groups in total. The van der Waals surface area contributed by atoms with E-state index in [9.17, 15) is 9.59 Å². The molecule has 0 aromatic heterocycles. The number of nitrogens with one attached hydrogen (secondary N) is 3. The van der Waals surface area contributed by atoms with E-state index in [0.717, 1.165) is 13.1 Å². The van der Waals surface area contributed by atoms with E-state index < -0.39 is 0 Å². The fraction of sp³-hybridized carbons (Fsp3) is 0.529. The Morgan fingerprint density at radius 1 is 1.39 bits per heavy atom. The first-order valence-electron chi connectivity index (χ1n) is 7.93. The second kappa shape index (κ2) is 9.53. The molecule has 23 heavy (non-hydrogen) atoms. The Morgan fingerprint density at radius 3 is 2.83 bits per heavy atom. The standard InChI is InChI=1S/C17H25N3O2.ClH/c1-12(14-6-4-8-19-11-14)9-16(21)20-15-7-3-5-13(10-15)17(22)18-2;/h3,5,7,10,12,14,19H,4,6,8-9,11H2,1-2H3,(H,18,22)(H,20,21);1H. The molecule has 0 spiro atoms. The Kier molecular flexibility index (Phi) is 8.06. The molecule has 1 aromatic carbocycles. The molecular formula is C17H26ClN3O2. The Balaban J connectivity index is 0.00000264. The van der Waals surface area contributed by atoms with E-state index in [4.69, 9.17) is 0 Å². The zero-order valence-electron chi connectivity index (χ0n) is 13.7. The van der Waals surface area contributed by atoms with Gasteiger partial charge in [-0.15, -0.1) is 12.4 Å². The van der Waals surface area contributed by atoms with Crippen LogP contribution in [0.2, 0.25) is 0 Å². The highest BCUT2D eigenvalue weighted by molar-refractivity contribution is 5.97. The minimum Gasteiger partial charge on any atom is -0.355 e. The van der Waals surface area contributed by atoms with Gasteiger partial charge in [-0.25, -0.2) is 0 Å². The number of hydrogen-bond acceptors (Lipinski definition) is 3. The Hall–Kier alpha value is -1.59. The lowest BCUT2D eigenvalue weighted by Gasteiger charge is -2.28. The third-order valence-electron chi connectivity index (χ3n) is 4.28. The van der Waals surface area contributed by atoms with Crippen LogP contribution >= 0.6 is 12.4 Å². The molecule has 5 nitrogen and oxygen atoms in total. The summed E-state index contributed by atoms with van der Waals surface area (Å²) in [5.41, 5.74) is 1.21. The van der Waals surface area contributed by atoms with Gasteiger partial charge in [-0.05, 0) is 56.0 Å². The first-order chi connectivity index (χ1) is 10.6. The summed E-state index contributed by atoms with van der Waals surface area (Å²) < 4.78 is 0. The summed E-state index contributed by atoms with van der Waals surface area (Å²) in [5.74, 6) is 0.775. The van der Waals surface area contributed by atoms with Crippen molar-refractivity contribution in [1.29, 1.82) is 0 Å². The van der Waals surface area contributed by atoms with E-state index in [1.54, 1.807) is 31.3 Å². The average Bonchev–Trinajstić information content (AvgIpc) is 2.55. The van der Waals surface area contributed by atoms with Crippen LogP contribution in [0.25, 0.3) is 0 Å². The minimum atomic E-state index is -0.155. The van der Waals surface area contributed by atoms with Crippen LogP contribution in [0.15, 0.2) is 24.3 Å². The maximum absolute atomic E-state index is 12.2. The van der Waals surface area contributed by atoms with E-state index >= 15 is 0 Å². The molecule has 1 fully saturated rings. The lowest BCUT2D eigenvalue weighted by atomic mass is 9.85. The number of carbonyl (C=O) groups is 2. The smallest absolute Gasteiger partial charge is 0.251 e. The number of carbonyl (C=O) groups excluding carboxylic acids is 2. The van der Waals surface area contributed by atoms with Gasteiger partial charge in [-0.3, -0.25) is 9.59 Å². The van der Waals surface area contributed by atoms with Crippen LogP contribution in [0.5, 0.6) is 0 Å². The highest BCUT2D eigenvalue weighted by Gasteiger charge is 2.22. The number of benzene rings is 1. The van der Waals surface area contributed by atoms with Gasteiger partial charge in [0.05, 0.1) is 0 Å². The quantitative estimate of drug-likeness (QED) is 0.771. The number of piperidine rings is 1. The minimum absolute atomic E-state index is 0. The van der Waals surface area contributed by atoms with Crippen molar-refractivity contribution in [2.45, 2.75) is 26.2 Å². The molecule has 2 amide bonds. The monoisotopic (exact) mass is 339 g/mol. The average molecular weight is 340 g/mol. The van der Waals surface area contributed by atoms with Crippen LogP contribution in [0, 0.1) is 11.8 Å². The predicted molar refractivity (Wildman–Crippen MR) is 95.1 cm³/mol. The van der Waals surface area contributed by atoms with Crippen molar-refractivity contribution in [2.75, 3.05) is 25.5 Å². The molecule has 1 saturated heterocycles. The van der Waals surface area contributed by atoms with Crippen molar-refractivity contribution in [3.05, 3.63) is 29.8 Å². The van der Waals surface area contributed by atoms with Crippen molar-refractivity contribution in [3.63, 3.8) is 0 Å². The Morgan fingerprint density at radius 2 is 2.17 bits per heavy atom. The number of anilines is 1. The fourth-order valence-corrected chi connectivity index (χ4v) is 2.92. The Labute approximate surface area is 144 Å². The zero-order valence-corrected chi connectivity index (χ0v) is 14.5. The van der Waals surface area contributed by atoms with E-state index in [1.165, 1.54) is 12.8 Å². The first-order valence-corrected chi connectivity index (χ1v) is 7.93. The van der Waals surface area contributed by atoms with Gasteiger partial charge in [0.15, 0.2) is 0 Å². The summed E-state index contributed by atoms with van der Waals surface area (Å²) in [7, 11) is 1.59. The molecule has 2 atom stereocenters. The van der Waals surface area contributed by atoms with Crippen LogP contribution in [-0.4, -0.2) is 32.0 Å². The van der Waals surface area contributed by atoms with Gasteiger partial charge in [0, 0.05) is 24.7 Å². The Bertz CT molecular complexity index is 530. The van der Waals surface area contributed by atoms with E-state index in [1.807, 2.05) is 0 Å². The summed E-state index contributed by atoms with van der Waals surface area (Å²) in [6.07, 6.45) is 2.88. The topological polar surface area (TPSA) is 70.2 Å². The van der Waals surface area contributed by atoms with Crippen molar-refractivity contribution < 1.29 is 9.59 Å². The number of hydrogen-bond donors (Lipinski definition) is 3. The van der Waals surface area contributed by atoms with Crippen molar-refractivity contribution in [3.8, 4) is 0 Å². The van der Waals surface area contributed by atoms with E-state index in [-0.39, 0.29) is 24.2 Å². The molecule has 1 heterocycles. The van der Waals surface area contributed by atoms with E-state index in [0.29, 0.717) is 29.5 Å². The van der Waals surface area contributed by atoms with Crippen LogP contribution in [0.1, 0.15) is 36.5 Å². The third-order valence-corrected chi connectivity index (χ3v) is 4.28. The number of amides is 2. The van der Waals surface area contributed by atoms with Gasteiger partial charge in [0.2, 0.25) is 5.91 Å². The molecule has 2 rings (SSSR count). The van der Waals surface area contributed by atoms with Crippen LogP contribution < -0.4 is 16.0 Å². The lowest BCUT2D eigenvalue weighted by molar-refractivity contribution is -0.117. The maximum atomic E-state index is 12.2. The largest absolute Gasteiger partial charge is 0.355 e. The summed E-state index contributed by atoms with van der Waals surface area (Å²) in [5, 5.41) is 8.86. The molecule has 2 unspecified atom stereocenters. The van der Waals surface area contributed by atoms with Crippen molar-refractivity contribution in [1.82, 2.24) is 10.6 Å². The van der Waals surface area contributed by atoms with Gasteiger partial charge in [-0.1, -0.05) is 13.0 Å². The predicted octanol–water partition coefficient (Wildman–Crippen LogP) is 2.43. The van der Waals surface area contributed by atoms with Crippen LogP contribution in [-0.2, 0) is 4.79 Å². The fourth-order valence-electron chi connectivity index (χ4n) is 2.92. The zero-order chi connectivity index (χ0) is 15.9. The third kappa shape index (κ3) is 5.84. The molecule has 1 aromatic rings. The van der Waals surface area contributed by atoms with Gasteiger partial charge >= 0.3 is 0 Å². The lowest BCUT2D eigenvalue weighted by Crippen LogP contribution is -2.34. The second-order valence-electron chi connectivity index (χ2n) is 6.00. The molecule has 1 aliphatic rings. The highest BCUT2D eigenvalue weighted by atomic mass is 35.5. The molecule has 0 aliphatic carbocycles. The molecule has 0 radical (unpaired) electrons. The maximum Gasteiger partial charge on any atom is 0.251 e. The molecule has 0 saturated carbocycles. The second-order valence-corrected chi connectivity index (χ2v) is 6.00. The molecule has 0 bridgehead atoms. The van der Waals surface area contributed by atoms with Crippen LogP contribution in [0.4, 0.5) is 5.69 Å². The van der Waals surface area contributed by atoms with Crippen molar-refractivity contribution in [2.24, 2.45) is 11.8 Å².